The van der Waals surface area contributed by atoms with Crippen molar-refractivity contribution >= 4 is 40.6 Å². The maximum absolute atomic E-state index is 12.1. The fourth-order valence-corrected chi connectivity index (χ4v) is 6.27. The molecule has 1 saturated carbocycles. The zero-order chi connectivity index (χ0) is 35.0. The average molecular weight is 693 g/mol. The van der Waals surface area contributed by atoms with Crippen LogP contribution in [-0.2, 0) is 11.3 Å². The minimum absolute atomic E-state index is 0.0637. The Hall–Kier alpha value is -4.53. The van der Waals surface area contributed by atoms with E-state index >= 15 is 0 Å². The summed E-state index contributed by atoms with van der Waals surface area (Å²) in [6, 6.07) is 17.9. The summed E-state index contributed by atoms with van der Waals surface area (Å²) in [5.74, 6) is 7.13. The molecule has 4 aromatic rings. The van der Waals surface area contributed by atoms with Crippen LogP contribution in [0.3, 0.4) is 0 Å². The molecule has 2 fully saturated rings. The second kappa shape index (κ2) is 16.5. The number of piperazine rings is 1. The van der Waals surface area contributed by atoms with E-state index in [-0.39, 0.29) is 24.0 Å². The van der Waals surface area contributed by atoms with E-state index in [4.69, 9.17) is 16.6 Å². The van der Waals surface area contributed by atoms with Gasteiger partial charge in [0.25, 0.3) is 0 Å². The summed E-state index contributed by atoms with van der Waals surface area (Å²) in [5.41, 5.74) is 5.81. The molecule has 6 rings (SSSR count). The summed E-state index contributed by atoms with van der Waals surface area (Å²) in [5, 5.41) is 20.4. The smallest absolute Gasteiger partial charge is 0.229 e. The molecular weight excluding hydrogens is 648 g/mol. The number of halogens is 1. The molecule has 1 saturated heterocycles. The Morgan fingerprint density at radius 2 is 1.74 bits per heavy atom. The van der Waals surface area contributed by atoms with E-state index in [1.165, 1.54) is 5.56 Å². The Kier molecular flexibility index (Phi) is 11.6. The number of benzene rings is 2. The predicted molar refractivity (Wildman–Crippen MR) is 201 cm³/mol. The van der Waals surface area contributed by atoms with Gasteiger partial charge in [0.15, 0.2) is 0 Å². The van der Waals surface area contributed by atoms with Gasteiger partial charge in [-0.2, -0.15) is 4.98 Å². The average Bonchev–Trinajstić information content (AvgIpc) is 3.11. The summed E-state index contributed by atoms with van der Waals surface area (Å²) >= 11 is 6.71. The lowest BCUT2D eigenvalue weighted by atomic mass is 9.93. The molecule has 0 atom stereocenters. The Morgan fingerprint density at radius 1 is 0.980 bits per heavy atom. The largest absolute Gasteiger partial charge is 0.393 e. The van der Waals surface area contributed by atoms with Crippen LogP contribution >= 0.6 is 11.6 Å². The third-order valence-corrected chi connectivity index (χ3v) is 9.51. The first-order valence-electron chi connectivity index (χ1n) is 17.4. The fourth-order valence-electron chi connectivity index (χ4n) is 6.04. The molecule has 50 heavy (non-hydrogen) atoms. The first-order chi connectivity index (χ1) is 24.2. The number of carbonyl (C=O) groups is 1. The van der Waals surface area contributed by atoms with Crippen molar-refractivity contribution in [3.05, 3.63) is 88.8 Å². The Bertz CT molecular complexity index is 1840. The fraction of sp³-hybridized carbons (Fsp3) is 0.385. The standard InChI is InChI=1S/C39H45ClN8O2/c1-26(2)38(50)44-32-16-17-41-31(23-32)10-6-27-7-15-36(35(40)22-27)45-39-42-24-34(37(46-39)43-30-11-13-33(49)14-12-30)29-8-4-28(5-9-29)25-48-20-18-47(3)19-21-48/h4-5,7-9,15-17,22-24,26,30,33,49H,11-14,18-21,25H2,1-3H3,(H,41,44,50)(H2,42,43,45,46). The predicted octanol–water partition coefficient (Wildman–Crippen LogP) is 6.39. The van der Waals surface area contributed by atoms with Crippen LogP contribution in [0.25, 0.3) is 11.1 Å². The zero-order valence-electron chi connectivity index (χ0n) is 28.9. The molecule has 10 nitrogen and oxygen atoms in total. The van der Waals surface area contributed by atoms with Crippen LogP contribution in [0, 0.1) is 17.8 Å². The topological polar surface area (TPSA) is 119 Å². The molecule has 0 unspecified atom stereocenters. The third-order valence-electron chi connectivity index (χ3n) is 9.20. The number of aliphatic hydroxyl groups excluding tert-OH is 1. The van der Waals surface area contributed by atoms with Crippen molar-refractivity contribution in [3.8, 4) is 23.0 Å². The lowest BCUT2D eigenvalue weighted by Gasteiger charge is -2.32. The Morgan fingerprint density at radius 3 is 2.46 bits per heavy atom. The monoisotopic (exact) mass is 692 g/mol. The lowest BCUT2D eigenvalue weighted by molar-refractivity contribution is -0.118. The van der Waals surface area contributed by atoms with Crippen molar-refractivity contribution in [1.82, 2.24) is 24.8 Å². The van der Waals surface area contributed by atoms with E-state index in [1.807, 2.05) is 32.2 Å². The van der Waals surface area contributed by atoms with Gasteiger partial charge in [0, 0.05) is 73.9 Å². The van der Waals surface area contributed by atoms with Gasteiger partial charge < -0.3 is 26.0 Å². The summed E-state index contributed by atoms with van der Waals surface area (Å²) in [6.45, 7) is 8.99. The summed E-state index contributed by atoms with van der Waals surface area (Å²) in [6.07, 6.45) is 6.52. The molecule has 1 aliphatic carbocycles. The number of anilines is 4. The molecule has 11 heteroatoms. The van der Waals surface area contributed by atoms with Crippen LogP contribution in [0.5, 0.6) is 0 Å². The highest BCUT2D eigenvalue weighted by Gasteiger charge is 2.22. The Balaban J connectivity index is 1.17. The van der Waals surface area contributed by atoms with Gasteiger partial charge in [-0.25, -0.2) is 9.97 Å². The quantitative estimate of drug-likeness (QED) is 0.148. The van der Waals surface area contributed by atoms with Crippen LogP contribution in [0.15, 0.2) is 67.0 Å². The van der Waals surface area contributed by atoms with Crippen LogP contribution in [0.1, 0.15) is 56.4 Å². The second-order valence-corrected chi connectivity index (χ2v) is 13.9. The number of likely N-dealkylation sites (N-methyl/N-ethyl adjacent to an activating group) is 1. The number of aromatic nitrogens is 3. The van der Waals surface area contributed by atoms with E-state index in [0.717, 1.165) is 75.4 Å². The second-order valence-electron chi connectivity index (χ2n) is 13.5. The van der Waals surface area contributed by atoms with Crippen molar-refractivity contribution < 1.29 is 9.90 Å². The number of rotatable bonds is 9. The molecule has 0 spiro atoms. The van der Waals surface area contributed by atoms with E-state index in [0.29, 0.717) is 33.6 Å². The molecule has 260 valence electrons. The van der Waals surface area contributed by atoms with Crippen molar-refractivity contribution in [2.45, 2.75) is 58.2 Å². The number of carbonyl (C=O) groups excluding carboxylic acids is 1. The SMILES string of the molecule is CC(C)C(=O)Nc1ccnc(C#Cc2ccc(Nc3ncc(-c4ccc(CN5CCN(C)CC5)cc4)c(NC4CCC(O)CC4)n3)c(Cl)c2)c1. The van der Waals surface area contributed by atoms with Gasteiger partial charge in [0.05, 0.1) is 16.8 Å². The molecule has 2 aromatic heterocycles. The van der Waals surface area contributed by atoms with E-state index in [9.17, 15) is 9.90 Å². The number of nitrogens with zero attached hydrogens (tertiary/aromatic N) is 5. The highest BCUT2D eigenvalue weighted by atomic mass is 35.5. The minimum Gasteiger partial charge on any atom is -0.393 e. The molecule has 0 radical (unpaired) electrons. The molecule has 3 heterocycles. The number of nitrogens with one attached hydrogen (secondary N) is 3. The summed E-state index contributed by atoms with van der Waals surface area (Å²) < 4.78 is 0. The maximum atomic E-state index is 12.1. The molecule has 0 bridgehead atoms. The maximum Gasteiger partial charge on any atom is 0.229 e. The van der Waals surface area contributed by atoms with Gasteiger partial charge in [-0.1, -0.05) is 55.6 Å². The highest BCUT2D eigenvalue weighted by Crippen LogP contribution is 2.32. The van der Waals surface area contributed by atoms with Gasteiger partial charge >= 0.3 is 0 Å². The van der Waals surface area contributed by atoms with E-state index in [2.05, 4.69) is 78.9 Å². The van der Waals surface area contributed by atoms with Crippen LogP contribution in [-0.4, -0.2) is 81.1 Å². The van der Waals surface area contributed by atoms with Crippen LogP contribution in [0.4, 0.5) is 23.1 Å². The number of aliphatic hydroxyl groups is 1. The first kappa shape index (κ1) is 35.3. The molecule has 1 aliphatic heterocycles. The molecular formula is C39H45ClN8O2. The molecule has 1 amide bonds. The van der Waals surface area contributed by atoms with Crippen LogP contribution < -0.4 is 16.0 Å². The summed E-state index contributed by atoms with van der Waals surface area (Å²) in [7, 11) is 2.18. The molecule has 2 aromatic carbocycles. The van der Waals surface area contributed by atoms with E-state index in [1.54, 1.807) is 24.4 Å². The summed E-state index contributed by atoms with van der Waals surface area (Å²) in [4.78, 5) is 30.9. The highest BCUT2D eigenvalue weighted by molar-refractivity contribution is 6.33. The number of hydrogen-bond donors (Lipinski definition) is 4. The zero-order valence-corrected chi connectivity index (χ0v) is 29.7. The third kappa shape index (κ3) is 9.58. The van der Waals surface area contributed by atoms with Crippen molar-refractivity contribution in [2.24, 2.45) is 5.92 Å². The Labute approximate surface area is 299 Å². The molecule has 4 N–H and O–H groups in total. The van der Waals surface area contributed by atoms with Gasteiger partial charge in [0.2, 0.25) is 11.9 Å². The van der Waals surface area contributed by atoms with Crippen molar-refractivity contribution in [2.75, 3.05) is 49.2 Å². The normalized spacial score (nSPS) is 18.3. The van der Waals surface area contributed by atoms with Gasteiger partial charge in [-0.3, -0.25) is 9.69 Å². The molecule has 2 aliphatic rings. The van der Waals surface area contributed by atoms with E-state index < -0.39 is 0 Å². The minimum atomic E-state index is -0.239. The van der Waals surface area contributed by atoms with Gasteiger partial charge in [0.1, 0.15) is 11.5 Å². The first-order valence-corrected chi connectivity index (χ1v) is 17.7. The number of hydrogen-bond acceptors (Lipinski definition) is 9. The van der Waals surface area contributed by atoms with Crippen molar-refractivity contribution in [3.63, 3.8) is 0 Å². The number of pyridine rings is 1. The van der Waals surface area contributed by atoms with Crippen LogP contribution in [0.2, 0.25) is 5.02 Å². The number of amides is 1. The van der Waals surface area contributed by atoms with Gasteiger partial charge in [-0.05, 0) is 80.1 Å². The lowest BCUT2D eigenvalue weighted by Crippen LogP contribution is -2.43. The van der Waals surface area contributed by atoms with Gasteiger partial charge in [-0.15, -0.1) is 0 Å². The van der Waals surface area contributed by atoms with Crippen molar-refractivity contribution in [1.29, 1.82) is 0 Å².